The number of rotatable bonds is 6. The number of methoxy groups -OCH3 is 1. The molecule has 8 nitrogen and oxygen atoms in total. The zero-order chi connectivity index (χ0) is 27.7. The number of amides is 1. The van der Waals surface area contributed by atoms with E-state index in [-0.39, 0.29) is 31.1 Å². The molecule has 0 unspecified atom stereocenters. The van der Waals surface area contributed by atoms with Crippen molar-refractivity contribution >= 4 is 21.6 Å². The van der Waals surface area contributed by atoms with Crippen LogP contribution < -0.4 is 9.64 Å². The van der Waals surface area contributed by atoms with Crippen LogP contribution in [-0.4, -0.2) is 94.4 Å². The molecule has 2 heterocycles. The van der Waals surface area contributed by atoms with Crippen molar-refractivity contribution in [2.75, 3.05) is 70.9 Å². The van der Waals surface area contributed by atoms with Crippen LogP contribution in [0.25, 0.3) is 0 Å². The van der Waals surface area contributed by atoms with Gasteiger partial charge >= 0.3 is 6.18 Å². The highest BCUT2D eigenvalue weighted by Crippen LogP contribution is 2.35. The van der Waals surface area contributed by atoms with Gasteiger partial charge in [-0.2, -0.15) is 17.5 Å². The third kappa shape index (κ3) is 5.74. The molecule has 0 aliphatic carbocycles. The average Bonchev–Trinajstić information content (AvgIpc) is 2.92. The lowest BCUT2D eigenvalue weighted by molar-refractivity contribution is -0.138. The summed E-state index contributed by atoms with van der Waals surface area (Å²) >= 11 is 0. The summed E-state index contributed by atoms with van der Waals surface area (Å²) in [7, 11) is -2.28. The molecule has 0 bridgehead atoms. The smallest absolute Gasteiger partial charge is 0.417 e. The molecule has 0 radical (unpaired) electrons. The number of nitrogens with zero attached hydrogens (tertiary/aromatic N) is 4. The molecule has 208 valence electrons. The Morgan fingerprint density at radius 3 is 2.18 bits per heavy atom. The number of benzene rings is 2. The average molecular weight is 559 g/mol. The maximum atomic E-state index is 13.5. The first-order valence-electron chi connectivity index (χ1n) is 12.3. The first kappa shape index (κ1) is 28.1. The van der Waals surface area contributed by atoms with Gasteiger partial charge in [0.25, 0.3) is 5.91 Å². The molecule has 2 aliphatic rings. The Morgan fingerprint density at radius 1 is 0.947 bits per heavy atom. The van der Waals surface area contributed by atoms with Crippen molar-refractivity contribution in [3.05, 3.63) is 53.3 Å². The van der Waals surface area contributed by atoms with E-state index in [0.29, 0.717) is 43.7 Å². The number of anilines is 1. The second-order valence-electron chi connectivity index (χ2n) is 9.14. The number of halogens is 4. The highest BCUT2D eigenvalue weighted by Gasteiger charge is 2.37. The molecule has 38 heavy (non-hydrogen) atoms. The van der Waals surface area contributed by atoms with Gasteiger partial charge in [0.2, 0.25) is 10.0 Å². The Hall–Kier alpha value is -2.90. The van der Waals surface area contributed by atoms with Crippen LogP contribution >= 0.6 is 0 Å². The minimum Gasteiger partial charge on any atom is -0.495 e. The summed E-state index contributed by atoms with van der Waals surface area (Å²) in [5, 5.41) is 0. The van der Waals surface area contributed by atoms with E-state index >= 15 is 0 Å². The van der Waals surface area contributed by atoms with Crippen molar-refractivity contribution in [1.29, 1.82) is 0 Å². The van der Waals surface area contributed by atoms with Crippen LogP contribution in [-0.2, 0) is 16.2 Å². The summed E-state index contributed by atoms with van der Waals surface area (Å²) in [4.78, 5) is 18.3. The van der Waals surface area contributed by atoms with Gasteiger partial charge in [0.1, 0.15) is 11.6 Å². The van der Waals surface area contributed by atoms with Crippen molar-refractivity contribution in [2.24, 2.45) is 0 Å². The van der Waals surface area contributed by atoms with E-state index in [2.05, 4.69) is 4.90 Å². The summed E-state index contributed by atoms with van der Waals surface area (Å²) < 4.78 is 87.3. The van der Waals surface area contributed by atoms with Crippen LogP contribution in [0.3, 0.4) is 0 Å². The number of piperazine rings is 2. The number of hydrogen-bond acceptors (Lipinski definition) is 6. The molecule has 0 saturated carbocycles. The Bertz CT molecular complexity index is 1270. The number of likely N-dealkylation sites (N-methyl/N-ethyl adjacent to an activating group) is 1. The minimum atomic E-state index is -4.88. The fourth-order valence-electron chi connectivity index (χ4n) is 4.77. The number of hydrogen-bond donors (Lipinski definition) is 0. The molecule has 2 aromatic rings. The van der Waals surface area contributed by atoms with Gasteiger partial charge in [0, 0.05) is 52.4 Å². The zero-order valence-corrected chi connectivity index (χ0v) is 22.0. The Balaban J connectivity index is 1.51. The topological polar surface area (TPSA) is 73.4 Å². The first-order valence-corrected chi connectivity index (χ1v) is 13.7. The fourth-order valence-corrected chi connectivity index (χ4v) is 6.21. The first-order chi connectivity index (χ1) is 18.0. The molecular weight excluding hydrogens is 528 g/mol. The molecule has 0 aromatic heterocycles. The molecule has 4 rings (SSSR count). The molecule has 2 fully saturated rings. The molecule has 1 amide bonds. The lowest BCUT2D eigenvalue weighted by Crippen LogP contribution is -2.49. The summed E-state index contributed by atoms with van der Waals surface area (Å²) in [6.45, 7) is 5.63. The molecule has 2 aliphatic heterocycles. The van der Waals surface area contributed by atoms with E-state index in [1.165, 1.54) is 22.4 Å². The van der Waals surface area contributed by atoms with Gasteiger partial charge in [-0.15, -0.1) is 0 Å². The van der Waals surface area contributed by atoms with Crippen molar-refractivity contribution in [2.45, 2.75) is 18.0 Å². The Morgan fingerprint density at radius 2 is 1.61 bits per heavy atom. The third-order valence-electron chi connectivity index (χ3n) is 6.99. The van der Waals surface area contributed by atoms with Gasteiger partial charge in [0.15, 0.2) is 0 Å². The molecule has 0 atom stereocenters. The van der Waals surface area contributed by atoms with E-state index in [1.54, 1.807) is 12.1 Å². The number of sulfonamides is 1. The zero-order valence-electron chi connectivity index (χ0n) is 21.2. The Labute approximate surface area is 219 Å². The van der Waals surface area contributed by atoms with Gasteiger partial charge in [-0.25, -0.2) is 12.8 Å². The van der Waals surface area contributed by atoms with Crippen molar-refractivity contribution in [3.8, 4) is 5.75 Å². The van der Waals surface area contributed by atoms with Gasteiger partial charge in [-0.05, 0) is 42.9 Å². The normalized spacial score (nSPS) is 18.1. The number of ether oxygens (including phenoxy) is 1. The monoisotopic (exact) mass is 558 g/mol. The van der Waals surface area contributed by atoms with Crippen LogP contribution in [0, 0.1) is 5.82 Å². The molecular formula is C25H30F4N4O4S. The summed E-state index contributed by atoms with van der Waals surface area (Å²) in [5.41, 5.74) is -1.41. The van der Waals surface area contributed by atoms with Crippen LogP contribution in [0.15, 0.2) is 41.3 Å². The number of carbonyl (C=O) groups excluding carboxylic acids is 1. The van der Waals surface area contributed by atoms with Gasteiger partial charge < -0.3 is 19.4 Å². The molecule has 0 N–H and O–H groups in total. The maximum absolute atomic E-state index is 13.5. The predicted octanol–water partition coefficient (Wildman–Crippen LogP) is 3.14. The van der Waals surface area contributed by atoms with E-state index < -0.39 is 39.1 Å². The molecule has 2 saturated heterocycles. The van der Waals surface area contributed by atoms with Crippen LogP contribution in [0.4, 0.5) is 23.2 Å². The second-order valence-corrected chi connectivity index (χ2v) is 11.1. The lowest BCUT2D eigenvalue weighted by Gasteiger charge is -2.37. The molecule has 13 heteroatoms. The fraction of sp³-hybridized carbons (Fsp3) is 0.480. The van der Waals surface area contributed by atoms with Gasteiger partial charge in [-0.1, -0.05) is 6.92 Å². The van der Waals surface area contributed by atoms with Crippen LogP contribution in [0.2, 0.25) is 0 Å². The van der Waals surface area contributed by atoms with E-state index in [9.17, 15) is 30.8 Å². The standard InChI is InChI=1S/C25H30F4N4O4S/c1-3-30-8-14-33(15-9-30)38(35,36)19-5-7-23(37-2)22(17-19)31-10-12-32(13-11-31)24(34)20-6-4-18(26)16-21(20)25(27,28)29/h4-7,16-17H,3,8-15H2,1-2H3. The van der Waals surface area contributed by atoms with Crippen LogP contribution in [0.5, 0.6) is 5.75 Å². The van der Waals surface area contributed by atoms with E-state index in [1.807, 2.05) is 11.8 Å². The maximum Gasteiger partial charge on any atom is 0.417 e. The van der Waals surface area contributed by atoms with Crippen molar-refractivity contribution in [1.82, 2.24) is 14.1 Å². The predicted molar refractivity (Wildman–Crippen MR) is 133 cm³/mol. The van der Waals surface area contributed by atoms with Crippen molar-refractivity contribution in [3.63, 3.8) is 0 Å². The second kappa shape index (κ2) is 11.1. The van der Waals surface area contributed by atoms with E-state index in [4.69, 9.17) is 4.74 Å². The van der Waals surface area contributed by atoms with Gasteiger partial charge in [-0.3, -0.25) is 4.79 Å². The largest absolute Gasteiger partial charge is 0.495 e. The quantitative estimate of drug-likeness (QED) is 0.508. The minimum absolute atomic E-state index is 0.0899. The third-order valence-corrected chi connectivity index (χ3v) is 8.89. The van der Waals surface area contributed by atoms with E-state index in [0.717, 1.165) is 18.7 Å². The summed E-state index contributed by atoms with van der Waals surface area (Å²) in [6.07, 6.45) is -4.88. The highest BCUT2D eigenvalue weighted by molar-refractivity contribution is 7.89. The number of alkyl halides is 3. The molecule has 2 aromatic carbocycles. The summed E-state index contributed by atoms with van der Waals surface area (Å²) in [5.74, 6) is -1.48. The Kier molecular flexibility index (Phi) is 8.19. The SMILES string of the molecule is CCN1CCN(S(=O)(=O)c2ccc(OC)c(N3CCN(C(=O)c4ccc(F)cc4C(F)(F)F)CC3)c2)CC1. The summed E-state index contributed by atoms with van der Waals surface area (Å²) in [6, 6.07) is 6.62. The number of carbonyl (C=O) groups is 1. The van der Waals surface area contributed by atoms with Crippen molar-refractivity contribution < 1.29 is 35.5 Å². The lowest BCUT2D eigenvalue weighted by atomic mass is 10.0. The van der Waals surface area contributed by atoms with Gasteiger partial charge in [0.05, 0.1) is 28.8 Å². The molecule has 0 spiro atoms. The highest BCUT2D eigenvalue weighted by atomic mass is 32.2. The van der Waals surface area contributed by atoms with Crippen LogP contribution in [0.1, 0.15) is 22.8 Å².